The fourth-order valence-corrected chi connectivity index (χ4v) is 4.65. The van der Waals surface area contributed by atoms with Crippen molar-refractivity contribution >= 4 is 12.1 Å². The summed E-state index contributed by atoms with van der Waals surface area (Å²) in [5.74, 6) is -0.918. The second-order valence-electron chi connectivity index (χ2n) is 8.71. The highest BCUT2D eigenvalue weighted by Gasteiger charge is 2.31. The van der Waals surface area contributed by atoms with E-state index in [1.807, 2.05) is 54.6 Å². The maximum absolute atomic E-state index is 13.0. The number of rotatable bonds is 8. The van der Waals surface area contributed by atoms with E-state index in [1.165, 1.54) is 11.6 Å². The molecule has 0 aliphatic heterocycles. The standard InChI is InChI=1S/C27H25N5O4/c1-17(26(33)34)32-25(29-30-31-32)24(15-18-9-3-2-4-10-18)28-27(35)36-16-23-21-13-7-5-11-19(21)20-12-6-8-14-22(20)23/h2-14,17,23-24H,15-16H2,1H3,(H,28,35)(H,33,34)/t17?,24-/m0/s1. The van der Waals surface area contributed by atoms with Crippen molar-refractivity contribution in [3.63, 3.8) is 0 Å². The lowest BCUT2D eigenvalue weighted by molar-refractivity contribution is -0.140. The van der Waals surface area contributed by atoms with Crippen molar-refractivity contribution < 1.29 is 19.4 Å². The molecule has 182 valence electrons. The number of aromatic nitrogens is 4. The number of alkyl carbamates (subject to hydrolysis) is 1. The first kappa shape index (κ1) is 23.2. The highest BCUT2D eigenvalue weighted by Crippen LogP contribution is 2.44. The van der Waals surface area contributed by atoms with Gasteiger partial charge in [0.25, 0.3) is 0 Å². The molecule has 36 heavy (non-hydrogen) atoms. The first-order valence-electron chi connectivity index (χ1n) is 11.7. The van der Waals surface area contributed by atoms with Crippen molar-refractivity contribution in [1.29, 1.82) is 0 Å². The molecule has 0 saturated heterocycles. The van der Waals surface area contributed by atoms with Crippen LogP contribution in [0.5, 0.6) is 0 Å². The van der Waals surface area contributed by atoms with Crippen LogP contribution in [0, 0.1) is 0 Å². The Bertz CT molecular complexity index is 1340. The molecule has 0 bridgehead atoms. The van der Waals surface area contributed by atoms with Gasteiger partial charge >= 0.3 is 12.1 Å². The summed E-state index contributed by atoms with van der Waals surface area (Å²) in [7, 11) is 0. The monoisotopic (exact) mass is 483 g/mol. The number of carbonyl (C=O) groups excluding carboxylic acids is 1. The number of aliphatic carboxylic acids is 1. The van der Waals surface area contributed by atoms with E-state index in [0.29, 0.717) is 6.42 Å². The van der Waals surface area contributed by atoms with E-state index in [2.05, 4.69) is 45.1 Å². The number of hydrogen-bond donors (Lipinski definition) is 2. The summed E-state index contributed by atoms with van der Waals surface area (Å²) in [4.78, 5) is 24.6. The third-order valence-electron chi connectivity index (χ3n) is 6.47. The molecule has 1 aliphatic carbocycles. The number of benzene rings is 3. The number of carboxylic acid groups (broad SMARTS) is 1. The summed E-state index contributed by atoms with van der Waals surface area (Å²) < 4.78 is 6.92. The molecule has 3 aromatic carbocycles. The van der Waals surface area contributed by atoms with E-state index in [1.54, 1.807) is 0 Å². The van der Waals surface area contributed by atoms with Crippen molar-refractivity contribution in [2.45, 2.75) is 31.3 Å². The first-order chi connectivity index (χ1) is 17.5. The number of ether oxygens (including phenoxy) is 1. The Morgan fingerprint density at radius 2 is 1.58 bits per heavy atom. The molecule has 4 aromatic rings. The average Bonchev–Trinajstić information content (AvgIpc) is 3.50. The number of tetrazole rings is 1. The average molecular weight is 484 g/mol. The Kier molecular flexibility index (Phi) is 6.44. The van der Waals surface area contributed by atoms with Crippen LogP contribution < -0.4 is 5.32 Å². The second kappa shape index (κ2) is 9.99. The maximum Gasteiger partial charge on any atom is 0.407 e. The van der Waals surface area contributed by atoms with E-state index in [-0.39, 0.29) is 18.3 Å². The summed E-state index contributed by atoms with van der Waals surface area (Å²) in [5, 5.41) is 23.9. The Morgan fingerprint density at radius 3 is 2.22 bits per heavy atom. The van der Waals surface area contributed by atoms with Gasteiger partial charge in [-0.2, -0.15) is 0 Å². The molecular formula is C27H25N5O4. The van der Waals surface area contributed by atoms with Gasteiger partial charge < -0.3 is 15.2 Å². The molecule has 9 nitrogen and oxygen atoms in total. The fraction of sp³-hybridized carbons (Fsp3) is 0.222. The smallest absolute Gasteiger partial charge is 0.407 e. The highest BCUT2D eigenvalue weighted by molar-refractivity contribution is 5.79. The normalized spacial score (nSPS) is 13.9. The molecule has 0 radical (unpaired) electrons. The predicted molar refractivity (Wildman–Crippen MR) is 131 cm³/mol. The molecule has 9 heteroatoms. The van der Waals surface area contributed by atoms with Gasteiger partial charge in [0.1, 0.15) is 6.61 Å². The summed E-state index contributed by atoms with van der Waals surface area (Å²) in [6.07, 6.45) is -0.270. The second-order valence-corrected chi connectivity index (χ2v) is 8.71. The number of nitrogens with zero attached hydrogens (tertiary/aromatic N) is 4. The summed E-state index contributed by atoms with van der Waals surface area (Å²) in [5.41, 5.74) is 5.45. The molecule has 2 atom stereocenters. The van der Waals surface area contributed by atoms with Crippen LogP contribution in [0.4, 0.5) is 4.79 Å². The lowest BCUT2D eigenvalue weighted by Gasteiger charge is -2.20. The minimum atomic E-state index is -1.08. The lowest BCUT2D eigenvalue weighted by Crippen LogP contribution is -2.34. The fourth-order valence-electron chi connectivity index (χ4n) is 4.65. The largest absolute Gasteiger partial charge is 0.480 e. The van der Waals surface area contributed by atoms with Crippen molar-refractivity contribution in [3.05, 3.63) is 101 Å². The topological polar surface area (TPSA) is 119 Å². The lowest BCUT2D eigenvalue weighted by atomic mass is 9.98. The molecule has 5 rings (SSSR count). The zero-order valence-electron chi connectivity index (χ0n) is 19.6. The minimum Gasteiger partial charge on any atom is -0.480 e. The molecular weight excluding hydrogens is 458 g/mol. The maximum atomic E-state index is 13.0. The molecule has 1 aliphatic rings. The molecule has 1 heterocycles. The Hall–Kier alpha value is -4.53. The van der Waals surface area contributed by atoms with Gasteiger partial charge in [0.15, 0.2) is 11.9 Å². The van der Waals surface area contributed by atoms with Crippen molar-refractivity contribution in [2.24, 2.45) is 0 Å². The molecule has 0 saturated carbocycles. The van der Waals surface area contributed by atoms with Gasteiger partial charge in [-0.1, -0.05) is 78.9 Å². The minimum absolute atomic E-state index is 0.0759. The van der Waals surface area contributed by atoms with Crippen LogP contribution >= 0.6 is 0 Å². The van der Waals surface area contributed by atoms with Crippen molar-refractivity contribution in [1.82, 2.24) is 25.5 Å². The molecule has 0 fully saturated rings. The van der Waals surface area contributed by atoms with Gasteiger partial charge in [-0.25, -0.2) is 14.3 Å². The van der Waals surface area contributed by atoms with Crippen LogP contribution in [-0.2, 0) is 16.0 Å². The van der Waals surface area contributed by atoms with Crippen molar-refractivity contribution in [3.8, 4) is 11.1 Å². The third-order valence-corrected chi connectivity index (χ3v) is 6.47. The van der Waals surface area contributed by atoms with E-state index >= 15 is 0 Å². The zero-order chi connectivity index (χ0) is 25.1. The molecule has 1 unspecified atom stereocenters. The summed E-state index contributed by atoms with van der Waals surface area (Å²) in [6.45, 7) is 1.64. The van der Waals surface area contributed by atoms with Crippen LogP contribution in [0.15, 0.2) is 78.9 Å². The number of carbonyl (C=O) groups is 2. The van der Waals surface area contributed by atoms with E-state index in [4.69, 9.17) is 4.74 Å². The number of carboxylic acids is 1. The van der Waals surface area contributed by atoms with E-state index in [0.717, 1.165) is 27.8 Å². The number of amides is 1. The number of hydrogen-bond acceptors (Lipinski definition) is 6. The Labute approximate surface area is 207 Å². The molecule has 1 amide bonds. The first-order valence-corrected chi connectivity index (χ1v) is 11.7. The molecule has 1 aromatic heterocycles. The van der Waals surface area contributed by atoms with Gasteiger partial charge in [-0.3, -0.25) is 0 Å². The zero-order valence-corrected chi connectivity index (χ0v) is 19.6. The van der Waals surface area contributed by atoms with Gasteiger partial charge in [-0.15, -0.1) is 5.10 Å². The van der Waals surface area contributed by atoms with Crippen molar-refractivity contribution in [2.75, 3.05) is 6.61 Å². The van der Waals surface area contributed by atoms with Crippen LogP contribution in [0.2, 0.25) is 0 Å². The number of fused-ring (bicyclic) bond motifs is 3. The van der Waals surface area contributed by atoms with Gasteiger partial charge in [0, 0.05) is 12.3 Å². The summed E-state index contributed by atoms with van der Waals surface area (Å²) in [6, 6.07) is 24.1. The third kappa shape index (κ3) is 4.55. The molecule has 0 spiro atoms. The van der Waals surface area contributed by atoms with E-state index in [9.17, 15) is 14.7 Å². The predicted octanol–water partition coefficient (Wildman–Crippen LogP) is 4.14. The van der Waals surface area contributed by atoms with Gasteiger partial charge in [0.2, 0.25) is 0 Å². The van der Waals surface area contributed by atoms with Crippen LogP contribution in [0.3, 0.4) is 0 Å². The van der Waals surface area contributed by atoms with Gasteiger partial charge in [0.05, 0.1) is 6.04 Å². The summed E-state index contributed by atoms with van der Waals surface area (Å²) >= 11 is 0. The number of nitrogens with one attached hydrogen (secondary N) is 1. The Balaban J connectivity index is 1.35. The van der Waals surface area contributed by atoms with Gasteiger partial charge in [-0.05, 0) is 45.2 Å². The quantitative estimate of drug-likeness (QED) is 0.386. The van der Waals surface area contributed by atoms with Crippen LogP contribution in [0.25, 0.3) is 11.1 Å². The van der Waals surface area contributed by atoms with E-state index < -0.39 is 24.1 Å². The molecule has 2 N–H and O–H groups in total. The Morgan fingerprint density at radius 1 is 0.972 bits per heavy atom. The van der Waals surface area contributed by atoms with Crippen LogP contribution in [-0.4, -0.2) is 44.0 Å². The highest BCUT2D eigenvalue weighted by atomic mass is 16.5. The SMILES string of the molecule is CC(C(=O)O)n1nnnc1[C@H](Cc1ccccc1)NC(=O)OCC1c2ccccc2-c2ccccc21. The van der Waals surface area contributed by atoms with Crippen LogP contribution in [0.1, 0.15) is 47.4 Å².